The second kappa shape index (κ2) is 4.45. The minimum absolute atomic E-state index is 1.06. The van der Waals surface area contributed by atoms with Crippen LogP contribution in [0.15, 0.2) is 66.7 Å². The Hall–Kier alpha value is -2.60. The van der Waals surface area contributed by atoms with E-state index in [9.17, 15) is 0 Å². The van der Waals surface area contributed by atoms with Crippen LogP contribution in [-0.4, -0.2) is 0 Å². The maximum Gasteiger partial charge on any atom is -0.00132 e. The molecule has 0 heteroatoms. The zero-order valence-corrected chi connectivity index (χ0v) is 12.3. The van der Waals surface area contributed by atoms with Crippen LogP contribution >= 0.6 is 0 Å². The van der Waals surface area contributed by atoms with Crippen molar-refractivity contribution in [1.82, 2.24) is 0 Å². The number of rotatable bonds is 1. The van der Waals surface area contributed by atoms with E-state index in [1.807, 2.05) is 0 Å². The molecule has 0 aromatic heterocycles. The van der Waals surface area contributed by atoms with Crippen molar-refractivity contribution in [2.75, 3.05) is 0 Å². The van der Waals surface area contributed by atoms with Crippen molar-refractivity contribution in [2.24, 2.45) is 0 Å². The summed E-state index contributed by atoms with van der Waals surface area (Å²) in [6.07, 6.45) is 4.47. The lowest BCUT2D eigenvalue weighted by molar-refractivity contribution is 1.25. The molecular weight excluding hydrogens is 264 g/mol. The topological polar surface area (TPSA) is 0 Å². The van der Waals surface area contributed by atoms with Gasteiger partial charge in [0.2, 0.25) is 0 Å². The van der Waals surface area contributed by atoms with Gasteiger partial charge in [-0.1, -0.05) is 72.8 Å². The molecule has 0 aliphatic heterocycles. The van der Waals surface area contributed by atoms with Crippen LogP contribution in [0.25, 0.3) is 22.8 Å². The first-order valence-electron chi connectivity index (χ1n) is 7.88. The monoisotopic (exact) mass is 280 g/mol. The van der Waals surface area contributed by atoms with E-state index in [-0.39, 0.29) is 0 Å². The molecule has 0 atom stereocenters. The maximum absolute atomic E-state index is 2.40. The molecule has 0 bridgehead atoms. The van der Waals surface area contributed by atoms with Gasteiger partial charge in [0.1, 0.15) is 0 Å². The molecule has 0 radical (unpaired) electrons. The summed E-state index contributed by atoms with van der Waals surface area (Å²) in [6, 6.07) is 24.5. The van der Waals surface area contributed by atoms with Crippen molar-refractivity contribution in [2.45, 2.75) is 12.8 Å². The largest absolute Gasteiger partial charge is 0.0619 e. The quantitative estimate of drug-likeness (QED) is 0.440. The van der Waals surface area contributed by atoms with Crippen molar-refractivity contribution < 1.29 is 0 Å². The molecule has 0 saturated heterocycles. The Morgan fingerprint density at radius 3 is 2.27 bits per heavy atom. The molecule has 0 nitrogen and oxygen atoms in total. The Labute approximate surface area is 130 Å². The van der Waals surface area contributed by atoms with Gasteiger partial charge in [0, 0.05) is 0 Å². The van der Waals surface area contributed by atoms with Crippen molar-refractivity contribution in [1.29, 1.82) is 0 Å². The molecule has 0 fully saturated rings. The van der Waals surface area contributed by atoms with Crippen LogP contribution in [0, 0.1) is 0 Å². The third-order valence-corrected chi connectivity index (χ3v) is 4.93. The van der Waals surface area contributed by atoms with Crippen LogP contribution in [0.5, 0.6) is 0 Å². The van der Waals surface area contributed by atoms with E-state index >= 15 is 0 Å². The molecule has 0 saturated carbocycles. The molecule has 0 amide bonds. The van der Waals surface area contributed by atoms with E-state index in [4.69, 9.17) is 0 Å². The molecule has 0 heterocycles. The fourth-order valence-electron chi connectivity index (χ4n) is 3.81. The lowest BCUT2D eigenvalue weighted by atomic mass is 9.98. The van der Waals surface area contributed by atoms with Crippen LogP contribution in [-0.2, 0) is 12.8 Å². The van der Waals surface area contributed by atoms with Crippen LogP contribution < -0.4 is 0 Å². The lowest BCUT2D eigenvalue weighted by Gasteiger charge is -2.06. The minimum Gasteiger partial charge on any atom is -0.0619 e. The van der Waals surface area contributed by atoms with Crippen LogP contribution in [0.4, 0.5) is 0 Å². The molecule has 0 unspecified atom stereocenters. The third kappa shape index (κ3) is 1.70. The average Bonchev–Trinajstić information content (AvgIpc) is 3.15. The number of hydrogen-bond donors (Lipinski definition) is 0. The molecule has 3 aromatic carbocycles. The number of benzene rings is 3. The summed E-state index contributed by atoms with van der Waals surface area (Å²) in [4.78, 5) is 0. The van der Waals surface area contributed by atoms with Crippen molar-refractivity contribution in [3.63, 3.8) is 0 Å². The molecule has 2 aliphatic carbocycles. The van der Waals surface area contributed by atoms with Gasteiger partial charge >= 0.3 is 0 Å². The number of allylic oxidation sites excluding steroid dienone is 1. The molecule has 5 rings (SSSR count). The smallest absolute Gasteiger partial charge is 0.00132 e. The van der Waals surface area contributed by atoms with Gasteiger partial charge in [0.25, 0.3) is 0 Å². The van der Waals surface area contributed by atoms with Gasteiger partial charge < -0.3 is 0 Å². The highest BCUT2D eigenvalue weighted by Gasteiger charge is 2.20. The molecule has 22 heavy (non-hydrogen) atoms. The standard InChI is InChI=1S/C22H16/c1-2-6-16-12-19(11-15(16)5-1)17-9-10-22-20(13-17)14-18-7-3-4-8-21(18)22/h1-11,13H,12,14H2. The van der Waals surface area contributed by atoms with Gasteiger partial charge in [-0.05, 0) is 57.4 Å². The summed E-state index contributed by atoms with van der Waals surface area (Å²) in [5.74, 6) is 0. The third-order valence-electron chi connectivity index (χ3n) is 4.93. The second-order valence-corrected chi connectivity index (χ2v) is 6.25. The predicted octanol–water partition coefficient (Wildman–Crippen LogP) is 5.35. The highest BCUT2D eigenvalue weighted by molar-refractivity contribution is 5.90. The van der Waals surface area contributed by atoms with Crippen LogP contribution in [0.1, 0.15) is 27.8 Å². The van der Waals surface area contributed by atoms with Crippen molar-refractivity contribution in [3.05, 3.63) is 94.5 Å². The van der Waals surface area contributed by atoms with E-state index in [0.717, 1.165) is 12.8 Å². The summed E-state index contributed by atoms with van der Waals surface area (Å²) in [6.45, 7) is 0. The molecule has 104 valence electrons. The predicted molar refractivity (Wildman–Crippen MR) is 92.7 cm³/mol. The zero-order chi connectivity index (χ0) is 14.5. The normalized spacial score (nSPS) is 14.3. The minimum atomic E-state index is 1.06. The van der Waals surface area contributed by atoms with Gasteiger partial charge in [0.05, 0.1) is 0 Å². The first-order valence-corrected chi connectivity index (χ1v) is 7.88. The lowest BCUT2D eigenvalue weighted by Crippen LogP contribution is -1.88. The Morgan fingerprint density at radius 1 is 0.591 bits per heavy atom. The Balaban J connectivity index is 1.56. The Kier molecular flexibility index (Phi) is 2.42. The Bertz CT molecular complexity index is 928. The fourth-order valence-corrected chi connectivity index (χ4v) is 3.81. The SMILES string of the molecule is C1=C(c2ccc3c(c2)Cc2ccccc2-3)Cc2ccccc21. The zero-order valence-electron chi connectivity index (χ0n) is 12.3. The number of fused-ring (bicyclic) bond motifs is 4. The molecule has 0 N–H and O–H groups in total. The van der Waals surface area contributed by atoms with E-state index < -0.39 is 0 Å². The summed E-state index contributed by atoms with van der Waals surface area (Å²) < 4.78 is 0. The fraction of sp³-hybridized carbons (Fsp3) is 0.0909. The summed E-state index contributed by atoms with van der Waals surface area (Å²) >= 11 is 0. The molecular formula is C22H16. The maximum atomic E-state index is 2.40. The van der Waals surface area contributed by atoms with Crippen molar-refractivity contribution in [3.8, 4) is 11.1 Å². The second-order valence-electron chi connectivity index (χ2n) is 6.25. The van der Waals surface area contributed by atoms with Crippen LogP contribution in [0.3, 0.4) is 0 Å². The van der Waals surface area contributed by atoms with E-state index in [0.29, 0.717) is 0 Å². The van der Waals surface area contributed by atoms with Gasteiger partial charge in [0.15, 0.2) is 0 Å². The number of hydrogen-bond acceptors (Lipinski definition) is 0. The highest BCUT2D eigenvalue weighted by atomic mass is 14.2. The van der Waals surface area contributed by atoms with Gasteiger partial charge in [-0.3, -0.25) is 0 Å². The van der Waals surface area contributed by atoms with E-state index in [1.165, 1.54) is 44.5 Å². The summed E-state index contributed by atoms with van der Waals surface area (Å²) in [7, 11) is 0. The highest BCUT2D eigenvalue weighted by Crippen LogP contribution is 2.39. The van der Waals surface area contributed by atoms with Gasteiger partial charge in [-0.2, -0.15) is 0 Å². The molecule has 3 aromatic rings. The van der Waals surface area contributed by atoms with Crippen molar-refractivity contribution >= 4 is 11.6 Å². The molecule has 0 spiro atoms. The van der Waals surface area contributed by atoms with Gasteiger partial charge in [-0.25, -0.2) is 0 Å². The Morgan fingerprint density at radius 2 is 1.36 bits per heavy atom. The summed E-state index contributed by atoms with van der Waals surface area (Å²) in [5.41, 5.74) is 11.4. The average molecular weight is 280 g/mol. The first kappa shape index (κ1) is 12.0. The summed E-state index contributed by atoms with van der Waals surface area (Å²) in [5, 5.41) is 0. The van der Waals surface area contributed by atoms with E-state index in [1.54, 1.807) is 0 Å². The van der Waals surface area contributed by atoms with Crippen LogP contribution in [0.2, 0.25) is 0 Å². The van der Waals surface area contributed by atoms with Gasteiger partial charge in [-0.15, -0.1) is 0 Å². The first-order chi connectivity index (χ1) is 10.9. The molecule has 2 aliphatic rings. The van der Waals surface area contributed by atoms with E-state index in [2.05, 4.69) is 72.8 Å².